The molecule has 0 radical (unpaired) electrons. The molecular weight excluding hydrogens is 234 g/mol. The number of likely N-dealkylation sites (tertiary alicyclic amines) is 1. The predicted octanol–water partition coefficient (Wildman–Crippen LogP) is 0.476. The Bertz CT molecular complexity index is 307. The number of amides is 2. The number of carbonyl (C=O) groups excluding carboxylic acids is 1. The molecule has 1 aliphatic rings. The molecule has 2 atom stereocenters. The lowest BCUT2D eigenvalue weighted by Crippen LogP contribution is -2.46. The minimum Gasteiger partial charge on any atom is -0.481 e. The van der Waals surface area contributed by atoms with E-state index in [1.807, 2.05) is 13.8 Å². The van der Waals surface area contributed by atoms with E-state index in [1.165, 1.54) is 0 Å². The van der Waals surface area contributed by atoms with Crippen molar-refractivity contribution in [2.45, 2.75) is 32.7 Å². The average Bonchev–Trinajstić information content (AvgIpc) is 2.75. The number of nitrogens with two attached hydrogens (primary N) is 1. The molecule has 4 N–H and O–H groups in total. The van der Waals surface area contributed by atoms with Gasteiger partial charge in [-0.15, -0.1) is 0 Å². The molecule has 0 bridgehead atoms. The number of hydrogen-bond donors (Lipinski definition) is 3. The zero-order valence-electron chi connectivity index (χ0n) is 11.1. The monoisotopic (exact) mass is 257 g/mol. The van der Waals surface area contributed by atoms with E-state index in [2.05, 4.69) is 5.32 Å². The van der Waals surface area contributed by atoms with E-state index in [0.717, 1.165) is 6.42 Å². The number of aliphatic carboxylic acids is 1. The summed E-state index contributed by atoms with van der Waals surface area (Å²) in [7, 11) is 0. The van der Waals surface area contributed by atoms with Crippen molar-refractivity contribution in [3.05, 3.63) is 0 Å². The van der Waals surface area contributed by atoms with Gasteiger partial charge in [-0.1, -0.05) is 13.8 Å². The van der Waals surface area contributed by atoms with Gasteiger partial charge in [-0.05, 0) is 24.8 Å². The van der Waals surface area contributed by atoms with Crippen molar-refractivity contribution in [3.63, 3.8) is 0 Å². The highest BCUT2D eigenvalue weighted by atomic mass is 16.4. The van der Waals surface area contributed by atoms with Gasteiger partial charge in [0.05, 0.1) is 6.42 Å². The normalized spacial score (nSPS) is 21.1. The molecule has 0 aromatic heterocycles. The molecule has 1 rings (SSSR count). The molecule has 0 aliphatic carbocycles. The van der Waals surface area contributed by atoms with Gasteiger partial charge in [-0.25, -0.2) is 4.79 Å². The van der Waals surface area contributed by atoms with Crippen molar-refractivity contribution in [3.8, 4) is 0 Å². The summed E-state index contributed by atoms with van der Waals surface area (Å²) in [6.45, 7) is 5.76. The second-order valence-corrected chi connectivity index (χ2v) is 5.23. The number of carboxylic acid groups (broad SMARTS) is 1. The Morgan fingerprint density at radius 1 is 1.50 bits per heavy atom. The van der Waals surface area contributed by atoms with Crippen molar-refractivity contribution >= 4 is 12.0 Å². The highest BCUT2D eigenvalue weighted by Crippen LogP contribution is 2.15. The fourth-order valence-electron chi connectivity index (χ4n) is 2.10. The molecule has 1 heterocycles. The minimum absolute atomic E-state index is 0.0441. The first-order chi connectivity index (χ1) is 8.43. The van der Waals surface area contributed by atoms with E-state index in [9.17, 15) is 9.59 Å². The van der Waals surface area contributed by atoms with Crippen LogP contribution in [-0.2, 0) is 4.79 Å². The SMILES string of the molecule is CC(C)C(CC(=O)O)NC(=O)N1CCC(CN)C1. The van der Waals surface area contributed by atoms with Crippen molar-refractivity contribution in [1.29, 1.82) is 0 Å². The van der Waals surface area contributed by atoms with Crippen molar-refractivity contribution in [2.24, 2.45) is 17.6 Å². The maximum Gasteiger partial charge on any atom is 0.317 e. The van der Waals surface area contributed by atoms with E-state index in [1.54, 1.807) is 4.90 Å². The van der Waals surface area contributed by atoms with Crippen LogP contribution in [-0.4, -0.2) is 47.7 Å². The Morgan fingerprint density at radius 3 is 2.61 bits per heavy atom. The number of nitrogens with one attached hydrogen (secondary N) is 1. The van der Waals surface area contributed by atoms with Gasteiger partial charge in [0.15, 0.2) is 0 Å². The van der Waals surface area contributed by atoms with Crippen molar-refractivity contribution < 1.29 is 14.7 Å². The van der Waals surface area contributed by atoms with Gasteiger partial charge in [-0.2, -0.15) is 0 Å². The Kier molecular flexibility index (Phi) is 5.40. The lowest BCUT2D eigenvalue weighted by molar-refractivity contribution is -0.137. The summed E-state index contributed by atoms with van der Waals surface area (Å²) in [4.78, 5) is 24.4. The van der Waals surface area contributed by atoms with Gasteiger partial charge in [0.2, 0.25) is 0 Å². The maximum absolute atomic E-state index is 12.0. The largest absolute Gasteiger partial charge is 0.481 e. The molecule has 0 saturated carbocycles. The molecule has 2 amide bonds. The lowest BCUT2D eigenvalue weighted by Gasteiger charge is -2.24. The summed E-state index contributed by atoms with van der Waals surface area (Å²) >= 11 is 0. The third kappa shape index (κ3) is 4.18. The van der Waals surface area contributed by atoms with Crippen LogP contribution in [0.15, 0.2) is 0 Å². The quantitative estimate of drug-likeness (QED) is 0.667. The molecule has 2 unspecified atom stereocenters. The average molecular weight is 257 g/mol. The molecule has 1 saturated heterocycles. The van der Waals surface area contributed by atoms with Crippen LogP contribution in [0.4, 0.5) is 4.79 Å². The summed E-state index contributed by atoms with van der Waals surface area (Å²) in [5.41, 5.74) is 5.58. The number of carbonyl (C=O) groups is 2. The van der Waals surface area contributed by atoms with E-state index in [-0.39, 0.29) is 24.4 Å². The lowest BCUT2D eigenvalue weighted by atomic mass is 10.0. The maximum atomic E-state index is 12.0. The minimum atomic E-state index is -0.893. The van der Waals surface area contributed by atoms with E-state index >= 15 is 0 Å². The first kappa shape index (κ1) is 14.8. The van der Waals surface area contributed by atoms with Crippen LogP contribution in [0.2, 0.25) is 0 Å². The molecule has 6 nitrogen and oxygen atoms in total. The molecule has 104 valence electrons. The van der Waals surface area contributed by atoms with Crippen LogP contribution in [0, 0.1) is 11.8 Å². The number of rotatable bonds is 5. The van der Waals surface area contributed by atoms with Gasteiger partial charge >= 0.3 is 12.0 Å². The second kappa shape index (κ2) is 6.58. The molecule has 6 heteroatoms. The highest BCUT2D eigenvalue weighted by molar-refractivity contribution is 5.76. The topological polar surface area (TPSA) is 95.7 Å². The van der Waals surface area contributed by atoms with Crippen LogP contribution in [0.25, 0.3) is 0 Å². The molecular formula is C12H23N3O3. The van der Waals surface area contributed by atoms with Crippen molar-refractivity contribution in [2.75, 3.05) is 19.6 Å². The smallest absolute Gasteiger partial charge is 0.317 e. The fourth-order valence-corrected chi connectivity index (χ4v) is 2.10. The summed E-state index contributed by atoms with van der Waals surface area (Å²) < 4.78 is 0. The van der Waals surface area contributed by atoms with Gasteiger partial charge < -0.3 is 21.1 Å². The Labute approximate surface area is 108 Å². The van der Waals surface area contributed by atoms with Gasteiger partial charge in [0.1, 0.15) is 0 Å². The molecule has 0 aromatic carbocycles. The molecule has 0 aromatic rings. The molecule has 1 fully saturated rings. The van der Waals surface area contributed by atoms with Crippen molar-refractivity contribution in [1.82, 2.24) is 10.2 Å². The summed E-state index contributed by atoms with van der Waals surface area (Å²) in [6, 6.07) is -0.502. The molecule has 18 heavy (non-hydrogen) atoms. The summed E-state index contributed by atoms with van der Waals surface area (Å²) in [5, 5.41) is 11.6. The number of carboxylic acids is 1. The highest BCUT2D eigenvalue weighted by Gasteiger charge is 2.27. The molecule has 1 aliphatic heterocycles. The van der Waals surface area contributed by atoms with E-state index < -0.39 is 5.97 Å². The second-order valence-electron chi connectivity index (χ2n) is 5.23. The number of nitrogens with zero attached hydrogens (tertiary/aromatic N) is 1. The summed E-state index contributed by atoms with van der Waals surface area (Å²) in [6.07, 6.45) is 0.882. The van der Waals surface area contributed by atoms with Crippen LogP contribution < -0.4 is 11.1 Å². The fraction of sp³-hybridized carbons (Fsp3) is 0.833. The van der Waals surface area contributed by atoms with E-state index in [4.69, 9.17) is 10.8 Å². The van der Waals surface area contributed by atoms with Gasteiger partial charge in [0.25, 0.3) is 0 Å². The van der Waals surface area contributed by atoms with Crippen LogP contribution >= 0.6 is 0 Å². The van der Waals surface area contributed by atoms with Crippen LogP contribution in [0.1, 0.15) is 26.7 Å². The van der Waals surface area contributed by atoms with Crippen LogP contribution in [0.5, 0.6) is 0 Å². The van der Waals surface area contributed by atoms with Gasteiger partial charge in [-0.3, -0.25) is 4.79 Å². The first-order valence-corrected chi connectivity index (χ1v) is 6.41. The third-order valence-corrected chi connectivity index (χ3v) is 3.41. The Balaban J connectivity index is 2.48. The predicted molar refractivity (Wildman–Crippen MR) is 68.1 cm³/mol. The van der Waals surface area contributed by atoms with E-state index in [0.29, 0.717) is 25.6 Å². The zero-order chi connectivity index (χ0) is 13.7. The molecule has 0 spiro atoms. The Morgan fingerprint density at radius 2 is 2.17 bits per heavy atom. The standard InChI is InChI=1S/C12H23N3O3/c1-8(2)10(5-11(16)17)14-12(18)15-4-3-9(6-13)7-15/h8-10H,3-7,13H2,1-2H3,(H,14,18)(H,16,17). The Hall–Kier alpha value is -1.30. The van der Waals surface area contributed by atoms with Crippen LogP contribution in [0.3, 0.4) is 0 Å². The summed E-state index contributed by atoms with van der Waals surface area (Å²) in [5.74, 6) is -0.430. The zero-order valence-corrected chi connectivity index (χ0v) is 11.1. The number of urea groups is 1. The third-order valence-electron chi connectivity index (χ3n) is 3.41. The van der Waals surface area contributed by atoms with Gasteiger partial charge in [0, 0.05) is 19.1 Å². The first-order valence-electron chi connectivity index (χ1n) is 6.41. The number of hydrogen-bond acceptors (Lipinski definition) is 3.